The minimum absolute atomic E-state index is 0.0113. The van der Waals surface area contributed by atoms with Crippen LogP contribution in [0.1, 0.15) is 71.8 Å². The quantitative estimate of drug-likeness (QED) is 0.253. The molecule has 262 valence electrons. The van der Waals surface area contributed by atoms with E-state index >= 15 is 0 Å². The molecule has 1 aliphatic carbocycles. The Morgan fingerprint density at radius 3 is 2.40 bits per heavy atom. The first kappa shape index (κ1) is 35.9. The van der Waals surface area contributed by atoms with E-state index in [1.807, 2.05) is 6.92 Å². The second kappa shape index (κ2) is 14.6. The van der Waals surface area contributed by atoms with Gasteiger partial charge >= 0.3 is 6.09 Å². The van der Waals surface area contributed by atoms with Gasteiger partial charge in [-0.05, 0) is 49.0 Å². The molecule has 3 heterocycles. The number of benzene rings is 1. The predicted octanol–water partition coefficient (Wildman–Crippen LogP) is 3.27. The van der Waals surface area contributed by atoms with Crippen molar-refractivity contribution < 1.29 is 38.3 Å². The fourth-order valence-corrected chi connectivity index (χ4v) is 6.59. The van der Waals surface area contributed by atoms with Gasteiger partial charge in [-0.2, -0.15) is 0 Å². The highest BCUT2D eigenvalue weighted by molar-refractivity contribution is 6.38. The van der Waals surface area contributed by atoms with E-state index in [9.17, 15) is 24.0 Å². The lowest BCUT2D eigenvalue weighted by molar-refractivity contribution is -0.144. The number of hydroxylamine groups is 1. The highest BCUT2D eigenvalue weighted by Crippen LogP contribution is 2.39. The summed E-state index contributed by atoms with van der Waals surface area (Å²) in [4.78, 5) is 74.6. The van der Waals surface area contributed by atoms with Crippen molar-refractivity contribution in [1.29, 1.82) is 0 Å². The van der Waals surface area contributed by atoms with Crippen molar-refractivity contribution in [2.24, 2.45) is 5.41 Å². The number of halogens is 2. The van der Waals surface area contributed by atoms with E-state index in [4.69, 9.17) is 37.5 Å². The van der Waals surface area contributed by atoms with Crippen molar-refractivity contribution in [2.45, 2.75) is 102 Å². The van der Waals surface area contributed by atoms with E-state index in [0.29, 0.717) is 40.8 Å². The second-order valence-electron chi connectivity index (χ2n) is 14.0. The zero-order chi connectivity index (χ0) is 34.8. The number of ketones is 1. The zero-order valence-corrected chi connectivity index (χ0v) is 29.0. The van der Waals surface area contributed by atoms with E-state index in [1.165, 1.54) is 4.90 Å². The Bertz CT molecular complexity index is 1450. The average Bonchev–Trinajstić information content (AvgIpc) is 3.37. The molecule has 0 aromatic heterocycles. The topological polar surface area (TPSA) is 164 Å². The largest absolute Gasteiger partial charge is 0.444 e. The summed E-state index contributed by atoms with van der Waals surface area (Å²) in [7, 11) is 0. The molecule has 15 heteroatoms. The third-order valence-electron chi connectivity index (χ3n) is 8.77. The van der Waals surface area contributed by atoms with Crippen LogP contribution in [0.5, 0.6) is 0 Å². The molecule has 1 spiro atoms. The fraction of sp³-hybridized carbons (Fsp3) is 0.606. The van der Waals surface area contributed by atoms with Gasteiger partial charge in [0, 0.05) is 34.5 Å². The summed E-state index contributed by atoms with van der Waals surface area (Å²) < 4.78 is 10.8. The van der Waals surface area contributed by atoms with Crippen molar-refractivity contribution in [2.75, 3.05) is 19.8 Å². The Morgan fingerprint density at radius 1 is 1.08 bits per heavy atom. The summed E-state index contributed by atoms with van der Waals surface area (Å²) in [5.74, 6) is -2.65. The smallest absolute Gasteiger partial charge is 0.408 e. The summed E-state index contributed by atoms with van der Waals surface area (Å²) in [5, 5.41) is 8.97. The van der Waals surface area contributed by atoms with Crippen LogP contribution in [0.4, 0.5) is 4.79 Å². The molecule has 5 atom stereocenters. The Hall–Kier alpha value is -3.39. The second-order valence-corrected chi connectivity index (χ2v) is 14.8. The third kappa shape index (κ3) is 8.60. The summed E-state index contributed by atoms with van der Waals surface area (Å²) in [6.07, 6.45) is 3.49. The maximum atomic E-state index is 14.4. The Morgan fingerprint density at radius 2 is 1.79 bits per heavy atom. The molecule has 2 saturated heterocycles. The molecule has 0 unspecified atom stereocenters. The van der Waals surface area contributed by atoms with Crippen LogP contribution in [-0.2, 0) is 33.5 Å². The molecule has 1 aromatic carbocycles. The molecule has 1 saturated carbocycles. The Kier molecular flexibility index (Phi) is 10.9. The summed E-state index contributed by atoms with van der Waals surface area (Å²) in [5.41, 5.74) is 2.11. The standard InChI is InChI=1S/C33H43Cl2N5O8/c1-5-6-23(26(41)29(43)36-21-7-8-21)37-28(42)25-15-33(14-24(39-48-33)18-11-19(34)13-20(35)12-18)17-40(25)30(44)27(32(2,3)4)38-31(45)47-22-9-10-46-16-22/h11-14,21-23,25,27,39H,5-10,15-17H2,1-4H3,(H,36,43)(H,37,42)(H,38,45)/t22-,23-,25-,27+,33-/m0/s1. The van der Waals surface area contributed by atoms with Gasteiger partial charge in [0.05, 0.1) is 31.5 Å². The SMILES string of the molecule is CCC[C@H](NC(=O)[C@@H]1C[C@@]2(C=C(c3cc(Cl)cc(Cl)c3)NO2)CN1C(=O)[C@@H](NC(=O)O[C@H]1CCOC1)C(C)(C)C)C(=O)C(=O)NC1CC1. The number of Topliss-reactive ketones (excluding diaryl/α,β-unsaturated/α-hetero) is 1. The molecule has 4 aliphatic rings. The number of amides is 4. The van der Waals surface area contributed by atoms with Crippen molar-refractivity contribution in [1.82, 2.24) is 26.3 Å². The summed E-state index contributed by atoms with van der Waals surface area (Å²) in [6.45, 7) is 7.89. The maximum Gasteiger partial charge on any atom is 0.408 e. The summed E-state index contributed by atoms with van der Waals surface area (Å²) in [6, 6.07) is 1.66. The Balaban J connectivity index is 1.42. The van der Waals surface area contributed by atoms with E-state index in [1.54, 1.807) is 45.0 Å². The van der Waals surface area contributed by atoms with Crippen LogP contribution in [0.2, 0.25) is 10.0 Å². The number of alkyl carbamates (subject to hydrolysis) is 1. The minimum Gasteiger partial charge on any atom is -0.444 e. The maximum absolute atomic E-state index is 14.4. The molecule has 3 fully saturated rings. The van der Waals surface area contributed by atoms with Crippen LogP contribution in [0.3, 0.4) is 0 Å². The van der Waals surface area contributed by atoms with Crippen LogP contribution in [-0.4, -0.2) is 90.1 Å². The van der Waals surface area contributed by atoms with Gasteiger partial charge in [-0.15, -0.1) is 0 Å². The minimum atomic E-state index is -1.17. The third-order valence-corrected chi connectivity index (χ3v) is 9.20. The van der Waals surface area contributed by atoms with Gasteiger partial charge in [0.1, 0.15) is 23.8 Å². The number of carbonyl (C=O) groups excluding carboxylic acids is 5. The Labute approximate surface area is 289 Å². The molecule has 4 amide bonds. The summed E-state index contributed by atoms with van der Waals surface area (Å²) >= 11 is 12.5. The molecule has 0 radical (unpaired) electrons. The zero-order valence-electron chi connectivity index (χ0n) is 27.5. The van der Waals surface area contributed by atoms with E-state index in [2.05, 4.69) is 21.4 Å². The number of carbonyl (C=O) groups is 5. The fourth-order valence-electron chi connectivity index (χ4n) is 6.07. The number of nitrogens with zero attached hydrogens (tertiary/aromatic N) is 1. The van der Waals surface area contributed by atoms with Crippen molar-refractivity contribution in [3.05, 3.63) is 39.9 Å². The van der Waals surface area contributed by atoms with Crippen LogP contribution in [0, 0.1) is 5.41 Å². The highest BCUT2D eigenvalue weighted by atomic mass is 35.5. The van der Waals surface area contributed by atoms with Crippen LogP contribution in [0.15, 0.2) is 24.3 Å². The number of rotatable bonds is 11. The molecule has 13 nitrogen and oxygen atoms in total. The molecular weight excluding hydrogens is 665 g/mol. The van der Waals surface area contributed by atoms with Crippen LogP contribution < -0.4 is 21.4 Å². The molecule has 4 N–H and O–H groups in total. The van der Waals surface area contributed by atoms with E-state index in [0.717, 1.165) is 12.8 Å². The normalized spacial score (nSPS) is 24.8. The lowest BCUT2D eigenvalue weighted by Gasteiger charge is -2.35. The molecule has 5 rings (SSSR count). The number of hydrogen-bond donors (Lipinski definition) is 4. The first-order chi connectivity index (χ1) is 22.7. The lowest BCUT2D eigenvalue weighted by Crippen LogP contribution is -2.59. The first-order valence-electron chi connectivity index (χ1n) is 16.3. The number of likely N-dealkylation sites (tertiary alicyclic amines) is 1. The van der Waals surface area contributed by atoms with Gasteiger partial charge in [-0.25, -0.2) is 4.79 Å². The van der Waals surface area contributed by atoms with E-state index in [-0.39, 0.29) is 32.0 Å². The van der Waals surface area contributed by atoms with Gasteiger partial charge in [-0.3, -0.25) is 29.5 Å². The molecule has 48 heavy (non-hydrogen) atoms. The van der Waals surface area contributed by atoms with Crippen LogP contribution in [0.25, 0.3) is 5.70 Å². The van der Waals surface area contributed by atoms with Gasteiger partial charge in [-0.1, -0.05) is 57.3 Å². The van der Waals surface area contributed by atoms with Crippen LogP contribution >= 0.6 is 23.2 Å². The molecule has 0 bridgehead atoms. The molecule has 3 aliphatic heterocycles. The average molecular weight is 709 g/mol. The number of hydrogen-bond acceptors (Lipinski definition) is 9. The lowest BCUT2D eigenvalue weighted by atomic mass is 9.85. The number of nitrogens with one attached hydrogen (secondary N) is 4. The molecule has 1 aromatic rings. The van der Waals surface area contributed by atoms with E-state index < -0.39 is 64.8 Å². The van der Waals surface area contributed by atoms with Crippen molar-refractivity contribution in [3.63, 3.8) is 0 Å². The van der Waals surface area contributed by atoms with Gasteiger partial charge in [0.15, 0.2) is 0 Å². The van der Waals surface area contributed by atoms with Gasteiger partial charge in [0.25, 0.3) is 5.91 Å². The predicted molar refractivity (Wildman–Crippen MR) is 177 cm³/mol. The van der Waals surface area contributed by atoms with Crippen molar-refractivity contribution >= 4 is 58.5 Å². The molecular formula is C33H43Cl2N5O8. The monoisotopic (exact) mass is 707 g/mol. The van der Waals surface area contributed by atoms with Crippen molar-refractivity contribution in [3.8, 4) is 0 Å². The van der Waals surface area contributed by atoms with Gasteiger partial charge in [0.2, 0.25) is 17.6 Å². The number of ether oxygens (including phenoxy) is 2. The van der Waals surface area contributed by atoms with Gasteiger partial charge < -0.3 is 30.3 Å². The highest BCUT2D eigenvalue weighted by Gasteiger charge is 2.54. The first-order valence-corrected chi connectivity index (χ1v) is 17.1.